The number of nitrogens with zero attached hydrogens (tertiary/aromatic N) is 1. The number of hydrogen-bond donors (Lipinski definition) is 0. The molecule has 0 radical (unpaired) electrons. The number of rotatable bonds is 0. The summed E-state index contributed by atoms with van der Waals surface area (Å²) in [5, 5.41) is 1.19. The number of aromatic nitrogens is 1. The van der Waals surface area contributed by atoms with Crippen molar-refractivity contribution < 1.29 is 4.42 Å². The minimum Gasteiger partial charge on any atom is -0.411 e. The van der Waals surface area contributed by atoms with Gasteiger partial charge in [-0.25, -0.2) is 9.78 Å². The molecule has 0 bridgehead atoms. The van der Waals surface area contributed by atoms with Crippen LogP contribution in [0.5, 0.6) is 0 Å². The van der Waals surface area contributed by atoms with Crippen molar-refractivity contribution in [1.82, 2.24) is 4.98 Å². The second-order valence-electron chi connectivity index (χ2n) is 2.02. The fraction of sp³-hybridized carbons (Fsp3) is 0.250. The maximum atomic E-state index is 11.0. The lowest BCUT2D eigenvalue weighted by molar-refractivity contribution is 0.480. The Morgan fingerprint density at radius 3 is 2.64 bits per heavy atom. The fourth-order valence-electron chi connectivity index (χ4n) is 0.864. The van der Waals surface area contributed by atoms with Gasteiger partial charge in [0, 0.05) is 0 Å². The van der Waals surface area contributed by atoms with E-state index >= 15 is 0 Å². The predicted molar refractivity (Wildman–Crippen MR) is 42.3 cm³/mol. The molecule has 0 saturated carbocycles. The van der Waals surface area contributed by atoms with Crippen LogP contribution in [0, 0.1) is 0 Å². The Hall–Kier alpha value is -1.38. The fourth-order valence-corrected chi connectivity index (χ4v) is 0.864. The SMILES string of the molecule is C/C=c1/ncoc(=O)/c1=C/C. The van der Waals surface area contributed by atoms with E-state index in [2.05, 4.69) is 9.40 Å². The summed E-state index contributed by atoms with van der Waals surface area (Å²) in [6.07, 6.45) is 4.62. The number of hydrogen-bond acceptors (Lipinski definition) is 3. The van der Waals surface area contributed by atoms with Crippen LogP contribution in [-0.4, -0.2) is 4.98 Å². The van der Waals surface area contributed by atoms with Crippen molar-refractivity contribution >= 4 is 12.2 Å². The highest BCUT2D eigenvalue weighted by Gasteiger charge is 1.89. The third kappa shape index (κ3) is 1.37. The van der Waals surface area contributed by atoms with E-state index in [1.165, 1.54) is 0 Å². The highest BCUT2D eigenvalue weighted by atomic mass is 16.4. The van der Waals surface area contributed by atoms with E-state index in [1.807, 2.05) is 6.92 Å². The molecule has 1 aromatic heterocycles. The van der Waals surface area contributed by atoms with E-state index in [-0.39, 0.29) is 5.63 Å². The predicted octanol–water partition coefficient (Wildman–Crippen LogP) is -0.364. The average molecular weight is 151 g/mol. The van der Waals surface area contributed by atoms with E-state index < -0.39 is 0 Å². The minimum absolute atomic E-state index is 0.337. The Morgan fingerprint density at radius 1 is 1.45 bits per heavy atom. The summed E-state index contributed by atoms with van der Waals surface area (Å²) in [6, 6.07) is 0. The van der Waals surface area contributed by atoms with Crippen molar-refractivity contribution in [2.24, 2.45) is 0 Å². The average Bonchev–Trinajstić information content (AvgIpc) is 2.04. The highest BCUT2D eigenvalue weighted by Crippen LogP contribution is 1.59. The van der Waals surface area contributed by atoms with Crippen molar-refractivity contribution in [3.8, 4) is 0 Å². The van der Waals surface area contributed by atoms with Crippen LogP contribution in [0.15, 0.2) is 15.6 Å². The van der Waals surface area contributed by atoms with Crippen LogP contribution in [0.4, 0.5) is 0 Å². The van der Waals surface area contributed by atoms with Crippen LogP contribution in [0.25, 0.3) is 12.2 Å². The molecule has 0 aliphatic carbocycles. The Morgan fingerprint density at radius 2 is 2.18 bits per heavy atom. The molecule has 3 nitrogen and oxygen atoms in total. The second kappa shape index (κ2) is 3.14. The smallest absolute Gasteiger partial charge is 0.346 e. The lowest BCUT2D eigenvalue weighted by Crippen LogP contribution is -2.39. The van der Waals surface area contributed by atoms with Gasteiger partial charge in [-0.2, -0.15) is 0 Å². The summed E-state index contributed by atoms with van der Waals surface area (Å²) in [4.78, 5) is 14.8. The zero-order valence-electron chi connectivity index (χ0n) is 6.50. The summed E-state index contributed by atoms with van der Waals surface area (Å²) in [5.74, 6) is 0. The molecule has 0 spiro atoms. The van der Waals surface area contributed by atoms with E-state index in [1.54, 1.807) is 19.1 Å². The molecule has 0 unspecified atom stereocenters. The zero-order valence-corrected chi connectivity index (χ0v) is 6.50. The van der Waals surface area contributed by atoms with Gasteiger partial charge in [-0.3, -0.25) is 0 Å². The molecule has 0 amide bonds. The van der Waals surface area contributed by atoms with E-state index in [9.17, 15) is 4.79 Å². The quantitative estimate of drug-likeness (QED) is 0.508. The third-order valence-electron chi connectivity index (χ3n) is 1.41. The summed E-state index contributed by atoms with van der Waals surface area (Å²) < 4.78 is 4.57. The zero-order chi connectivity index (χ0) is 8.27. The Labute approximate surface area is 63.7 Å². The molecular formula is C8H9NO2. The van der Waals surface area contributed by atoms with Crippen LogP contribution in [0.1, 0.15) is 13.8 Å². The van der Waals surface area contributed by atoms with Gasteiger partial charge in [-0.05, 0) is 13.8 Å². The normalized spacial score (nSPS) is 14.0. The molecule has 3 heteroatoms. The minimum atomic E-state index is -0.337. The van der Waals surface area contributed by atoms with Crippen LogP contribution >= 0.6 is 0 Å². The third-order valence-corrected chi connectivity index (χ3v) is 1.41. The summed E-state index contributed by atoms with van der Waals surface area (Å²) in [6.45, 7) is 3.61. The van der Waals surface area contributed by atoms with Crippen LogP contribution < -0.4 is 16.2 Å². The first-order valence-electron chi connectivity index (χ1n) is 3.36. The van der Waals surface area contributed by atoms with Crippen molar-refractivity contribution in [2.75, 3.05) is 0 Å². The molecule has 58 valence electrons. The van der Waals surface area contributed by atoms with Gasteiger partial charge in [0.15, 0.2) is 6.39 Å². The van der Waals surface area contributed by atoms with Crippen molar-refractivity contribution in [3.05, 3.63) is 27.4 Å². The van der Waals surface area contributed by atoms with Gasteiger partial charge in [-0.15, -0.1) is 0 Å². The molecule has 0 atom stereocenters. The van der Waals surface area contributed by atoms with E-state index in [0.717, 1.165) is 6.39 Å². The van der Waals surface area contributed by atoms with Crippen LogP contribution in [-0.2, 0) is 0 Å². The largest absolute Gasteiger partial charge is 0.411 e. The first-order valence-corrected chi connectivity index (χ1v) is 3.36. The Kier molecular flexibility index (Phi) is 2.21. The molecular weight excluding hydrogens is 142 g/mol. The first-order chi connectivity index (χ1) is 5.29. The van der Waals surface area contributed by atoms with Crippen LogP contribution in [0.2, 0.25) is 0 Å². The molecule has 0 aliphatic heterocycles. The highest BCUT2D eigenvalue weighted by molar-refractivity contribution is 5.22. The molecule has 1 rings (SSSR count). The molecule has 1 aromatic rings. The van der Waals surface area contributed by atoms with Gasteiger partial charge < -0.3 is 4.42 Å². The van der Waals surface area contributed by atoms with Crippen molar-refractivity contribution in [1.29, 1.82) is 0 Å². The lowest BCUT2D eigenvalue weighted by Gasteiger charge is -1.83. The monoisotopic (exact) mass is 151 g/mol. The van der Waals surface area contributed by atoms with Gasteiger partial charge in [0.2, 0.25) is 0 Å². The van der Waals surface area contributed by atoms with Gasteiger partial charge in [0.1, 0.15) is 0 Å². The lowest BCUT2D eigenvalue weighted by atomic mass is 10.4. The van der Waals surface area contributed by atoms with Gasteiger partial charge in [0.25, 0.3) is 0 Å². The first kappa shape index (κ1) is 7.72. The standard InChI is InChI=1S/C8H9NO2/c1-3-6-7(4-2)9-5-11-8(6)10/h3-5H,1-2H3/b6-3+,7-4+. The molecule has 1 heterocycles. The van der Waals surface area contributed by atoms with E-state index in [4.69, 9.17) is 0 Å². The topological polar surface area (TPSA) is 43.1 Å². The molecule has 0 aliphatic rings. The summed E-state index contributed by atoms with van der Waals surface area (Å²) >= 11 is 0. The molecule has 0 saturated heterocycles. The van der Waals surface area contributed by atoms with E-state index in [0.29, 0.717) is 10.6 Å². The van der Waals surface area contributed by atoms with Crippen LogP contribution in [0.3, 0.4) is 0 Å². The van der Waals surface area contributed by atoms with Crippen molar-refractivity contribution in [2.45, 2.75) is 13.8 Å². The van der Waals surface area contributed by atoms with Crippen molar-refractivity contribution in [3.63, 3.8) is 0 Å². The Bertz CT molecular complexity index is 403. The maximum absolute atomic E-state index is 11.0. The summed E-state index contributed by atoms with van der Waals surface area (Å²) in [5.41, 5.74) is -0.337. The second-order valence-corrected chi connectivity index (χ2v) is 2.02. The Balaban J connectivity index is 3.80. The molecule has 0 N–H and O–H groups in total. The van der Waals surface area contributed by atoms with Gasteiger partial charge in [-0.1, -0.05) is 12.2 Å². The molecule has 0 fully saturated rings. The summed E-state index contributed by atoms with van der Waals surface area (Å²) in [7, 11) is 0. The maximum Gasteiger partial charge on any atom is 0.346 e. The molecule has 0 aromatic carbocycles. The molecule has 11 heavy (non-hydrogen) atoms. The van der Waals surface area contributed by atoms with Gasteiger partial charge >= 0.3 is 5.63 Å². The van der Waals surface area contributed by atoms with Gasteiger partial charge in [0.05, 0.1) is 10.6 Å².